The van der Waals surface area contributed by atoms with Crippen LogP contribution in [0.1, 0.15) is 5.56 Å². The van der Waals surface area contributed by atoms with Crippen molar-refractivity contribution in [3.05, 3.63) is 53.4 Å². The highest BCUT2D eigenvalue weighted by molar-refractivity contribution is 7.17. The van der Waals surface area contributed by atoms with Gasteiger partial charge in [-0.1, -0.05) is 24.3 Å². The number of urea groups is 1. The molecule has 4 rings (SSSR count). The molecule has 0 saturated heterocycles. The number of carbonyl (C=O) groups is 1. The standard InChI is InChI=1S/C17H14N2O3S/c20-17(19-13-9-23-16-4-2-1-3-12(13)16)18-8-11-5-6-14-15(7-11)22-10-21-14/h1-7,9H,8,10H2,(H2,18,19,20). The second-order valence-corrected chi connectivity index (χ2v) is 6.05. The summed E-state index contributed by atoms with van der Waals surface area (Å²) in [6, 6.07) is 13.4. The van der Waals surface area contributed by atoms with Crippen molar-refractivity contribution in [2.24, 2.45) is 0 Å². The van der Waals surface area contributed by atoms with E-state index in [9.17, 15) is 4.79 Å². The molecule has 23 heavy (non-hydrogen) atoms. The Hall–Kier alpha value is -2.73. The Kier molecular flexibility index (Phi) is 3.51. The number of amides is 2. The second-order valence-electron chi connectivity index (χ2n) is 5.14. The van der Waals surface area contributed by atoms with Crippen molar-refractivity contribution >= 4 is 33.1 Å². The molecule has 1 aliphatic heterocycles. The molecule has 0 radical (unpaired) electrons. The molecule has 0 aliphatic carbocycles. The molecule has 3 aromatic rings. The van der Waals surface area contributed by atoms with E-state index in [1.807, 2.05) is 47.8 Å². The summed E-state index contributed by atoms with van der Waals surface area (Å²) in [4.78, 5) is 12.1. The number of ether oxygens (including phenoxy) is 2. The molecule has 0 spiro atoms. The Morgan fingerprint density at radius 2 is 2.00 bits per heavy atom. The lowest BCUT2D eigenvalue weighted by Crippen LogP contribution is -2.28. The minimum Gasteiger partial charge on any atom is -0.454 e. The topological polar surface area (TPSA) is 59.6 Å². The lowest BCUT2D eigenvalue weighted by atomic mass is 10.2. The Bertz CT molecular complexity index is 875. The highest BCUT2D eigenvalue weighted by Crippen LogP contribution is 2.32. The van der Waals surface area contributed by atoms with E-state index in [0.717, 1.165) is 27.1 Å². The molecule has 2 N–H and O–H groups in total. The van der Waals surface area contributed by atoms with Crippen molar-refractivity contribution < 1.29 is 14.3 Å². The SMILES string of the molecule is O=C(NCc1ccc2c(c1)OCO2)Nc1csc2ccccc12. The number of thiophene rings is 1. The number of hydrogen-bond acceptors (Lipinski definition) is 4. The molecule has 2 amide bonds. The summed E-state index contributed by atoms with van der Waals surface area (Å²) in [5.74, 6) is 1.46. The van der Waals surface area contributed by atoms with Crippen molar-refractivity contribution in [2.75, 3.05) is 12.1 Å². The van der Waals surface area contributed by atoms with Crippen LogP contribution in [0.5, 0.6) is 11.5 Å². The van der Waals surface area contributed by atoms with Gasteiger partial charge in [0.15, 0.2) is 11.5 Å². The minimum absolute atomic E-state index is 0.230. The fourth-order valence-electron chi connectivity index (χ4n) is 2.47. The van der Waals surface area contributed by atoms with E-state index < -0.39 is 0 Å². The van der Waals surface area contributed by atoms with Gasteiger partial charge < -0.3 is 20.1 Å². The van der Waals surface area contributed by atoms with Gasteiger partial charge in [0, 0.05) is 22.0 Å². The molecule has 0 unspecified atom stereocenters. The average Bonchev–Trinajstić information content (AvgIpc) is 3.20. The quantitative estimate of drug-likeness (QED) is 0.766. The summed E-state index contributed by atoms with van der Waals surface area (Å²) >= 11 is 1.61. The Balaban J connectivity index is 1.40. The van der Waals surface area contributed by atoms with Gasteiger partial charge in [0.1, 0.15) is 0 Å². The van der Waals surface area contributed by atoms with Crippen molar-refractivity contribution in [2.45, 2.75) is 6.54 Å². The summed E-state index contributed by atoms with van der Waals surface area (Å²) in [5.41, 5.74) is 1.79. The third-order valence-corrected chi connectivity index (χ3v) is 4.58. The molecule has 1 aromatic heterocycles. The smallest absolute Gasteiger partial charge is 0.319 e. The third kappa shape index (κ3) is 2.80. The minimum atomic E-state index is -0.230. The first-order valence-electron chi connectivity index (χ1n) is 7.19. The number of hydrogen-bond donors (Lipinski definition) is 2. The molecular formula is C17H14N2O3S. The highest BCUT2D eigenvalue weighted by atomic mass is 32.1. The number of anilines is 1. The van der Waals surface area contributed by atoms with Gasteiger partial charge in [-0.15, -0.1) is 11.3 Å². The zero-order valence-electron chi connectivity index (χ0n) is 12.2. The first-order chi connectivity index (χ1) is 11.3. The van der Waals surface area contributed by atoms with Gasteiger partial charge in [-0.3, -0.25) is 0 Å². The lowest BCUT2D eigenvalue weighted by molar-refractivity contribution is 0.174. The van der Waals surface area contributed by atoms with E-state index in [0.29, 0.717) is 12.3 Å². The maximum absolute atomic E-state index is 12.1. The first-order valence-corrected chi connectivity index (χ1v) is 8.07. The maximum atomic E-state index is 12.1. The zero-order valence-corrected chi connectivity index (χ0v) is 13.0. The fourth-order valence-corrected chi connectivity index (χ4v) is 3.37. The lowest BCUT2D eigenvalue weighted by Gasteiger charge is -2.07. The molecule has 0 fully saturated rings. The van der Waals surface area contributed by atoms with Gasteiger partial charge in [-0.25, -0.2) is 4.79 Å². The largest absolute Gasteiger partial charge is 0.454 e. The molecular weight excluding hydrogens is 312 g/mol. The number of nitrogens with one attached hydrogen (secondary N) is 2. The van der Waals surface area contributed by atoms with Gasteiger partial charge in [0.05, 0.1) is 5.69 Å². The monoisotopic (exact) mass is 326 g/mol. The Labute approximate surface area is 136 Å². The van der Waals surface area contributed by atoms with E-state index >= 15 is 0 Å². The molecule has 0 atom stereocenters. The van der Waals surface area contributed by atoms with Crippen LogP contribution in [0.15, 0.2) is 47.8 Å². The molecule has 1 aliphatic rings. The van der Waals surface area contributed by atoms with E-state index in [1.54, 1.807) is 11.3 Å². The van der Waals surface area contributed by atoms with E-state index in [-0.39, 0.29) is 12.8 Å². The van der Waals surface area contributed by atoms with Crippen molar-refractivity contribution in [1.29, 1.82) is 0 Å². The van der Waals surface area contributed by atoms with Gasteiger partial charge in [-0.2, -0.15) is 0 Å². The molecule has 6 heteroatoms. The van der Waals surface area contributed by atoms with Crippen LogP contribution in [0, 0.1) is 0 Å². The molecule has 5 nitrogen and oxygen atoms in total. The van der Waals surface area contributed by atoms with Gasteiger partial charge >= 0.3 is 6.03 Å². The van der Waals surface area contributed by atoms with Crippen LogP contribution in [-0.4, -0.2) is 12.8 Å². The zero-order chi connectivity index (χ0) is 15.6. The van der Waals surface area contributed by atoms with Crippen LogP contribution in [0.25, 0.3) is 10.1 Å². The van der Waals surface area contributed by atoms with E-state index in [1.165, 1.54) is 0 Å². The van der Waals surface area contributed by atoms with Crippen LogP contribution in [0.3, 0.4) is 0 Å². The highest BCUT2D eigenvalue weighted by Gasteiger charge is 2.13. The molecule has 116 valence electrons. The van der Waals surface area contributed by atoms with Gasteiger partial charge in [0.2, 0.25) is 6.79 Å². The predicted octanol–water partition coefficient (Wildman–Crippen LogP) is 3.95. The van der Waals surface area contributed by atoms with Crippen LogP contribution >= 0.6 is 11.3 Å². The number of fused-ring (bicyclic) bond motifs is 2. The van der Waals surface area contributed by atoms with Crippen molar-refractivity contribution in [3.63, 3.8) is 0 Å². The summed E-state index contributed by atoms with van der Waals surface area (Å²) in [6.45, 7) is 0.669. The summed E-state index contributed by atoms with van der Waals surface area (Å²) < 4.78 is 11.8. The van der Waals surface area contributed by atoms with Crippen LogP contribution in [-0.2, 0) is 6.54 Å². The van der Waals surface area contributed by atoms with E-state index in [4.69, 9.17) is 9.47 Å². The van der Waals surface area contributed by atoms with Gasteiger partial charge in [-0.05, 0) is 23.8 Å². The van der Waals surface area contributed by atoms with Crippen LogP contribution < -0.4 is 20.1 Å². The fraction of sp³-hybridized carbons (Fsp3) is 0.118. The molecule has 2 heterocycles. The van der Waals surface area contributed by atoms with Crippen molar-refractivity contribution in [3.8, 4) is 11.5 Å². The second kappa shape index (κ2) is 5.81. The molecule has 0 saturated carbocycles. The normalized spacial score (nSPS) is 12.3. The number of benzene rings is 2. The van der Waals surface area contributed by atoms with Crippen molar-refractivity contribution in [1.82, 2.24) is 5.32 Å². The van der Waals surface area contributed by atoms with Crippen LogP contribution in [0.4, 0.5) is 10.5 Å². The summed E-state index contributed by atoms with van der Waals surface area (Å²) in [5, 5.41) is 8.74. The first kappa shape index (κ1) is 13.9. The van der Waals surface area contributed by atoms with Crippen LogP contribution in [0.2, 0.25) is 0 Å². The summed E-state index contributed by atoms with van der Waals surface area (Å²) in [7, 11) is 0. The molecule has 2 aromatic carbocycles. The Morgan fingerprint density at radius 1 is 1.13 bits per heavy atom. The third-order valence-electron chi connectivity index (χ3n) is 3.62. The maximum Gasteiger partial charge on any atom is 0.319 e. The summed E-state index contributed by atoms with van der Waals surface area (Å²) in [6.07, 6.45) is 0. The number of rotatable bonds is 3. The average molecular weight is 326 g/mol. The Morgan fingerprint density at radius 3 is 2.96 bits per heavy atom. The predicted molar refractivity (Wildman–Crippen MR) is 90.2 cm³/mol. The van der Waals surface area contributed by atoms with E-state index in [2.05, 4.69) is 10.6 Å². The molecule has 0 bridgehead atoms. The number of carbonyl (C=O) groups excluding carboxylic acids is 1. The van der Waals surface area contributed by atoms with Gasteiger partial charge in [0.25, 0.3) is 0 Å².